The van der Waals surface area contributed by atoms with E-state index in [9.17, 15) is 9.59 Å². The summed E-state index contributed by atoms with van der Waals surface area (Å²) in [7, 11) is 0. The molecule has 9 heteroatoms. The maximum atomic E-state index is 12.6. The molecular formula is C20H19N5O2S2. The van der Waals surface area contributed by atoms with Crippen LogP contribution in [0.5, 0.6) is 0 Å². The summed E-state index contributed by atoms with van der Waals surface area (Å²) in [6, 6.07) is 10.4. The molecule has 7 nitrogen and oxygen atoms in total. The first-order chi connectivity index (χ1) is 14.2. The Hall–Kier alpha value is -2.49. The molecular weight excluding hydrogens is 406 g/mol. The molecule has 29 heavy (non-hydrogen) atoms. The van der Waals surface area contributed by atoms with Gasteiger partial charge in [-0.3, -0.25) is 24.4 Å². The lowest BCUT2D eigenvalue weighted by Gasteiger charge is -2.25. The van der Waals surface area contributed by atoms with Crippen LogP contribution in [-0.4, -0.2) is 37.6 Å². The summed E-state index contributed by atoms with van der Waals surface area (Å²) in [5.74, 6) is 0.369. The van der Waals surface area contributed by atoms with Crippen LogP contribution >= 0.6 is 23.1 Å². The molecule has 3 aromatic rings. The van der Waals surface area contributed by atoms with Crippen LogP contribution in [0.4, 0.5) is 5.13 Å². The molecule has 0 bridgehead atoms. The second-order valence-electron chi connectivity index (χ2n) is 7.05. The van der Waals surface area contributed by atoms with Crippen molar-refractivity contribution in [2.75, 3.05) is 17.6 Å². The third kappa shape index (κ3) is 3.73. The Labute approximate surface area is 175 Å². The first-order valence-electron chi connectivity index (χ1n) is 9.46. The van der Waals surface area contributed by atoms with Gasteiger partial charge in [-0.15, -0.1) is 11.3 Å². The number of benzene rings is 1. The number of carbonyl (C=O) groups is 1. The third-order valence-electron chi connectivity index (χ3n) is 5.08. The number of hydrogen-bond donors (Lipinski definition) is 1. The number of anilines is 1. The predicted molar refractivity (Wildman–Crippen MR) is 114 cm³/mol. The molecule has 1 N–H and O–H groups in total. The summed E-state index contributed by atoms with van der Waals surface area (Å²) in [4.78, 5) is 37.5. The minimum atomic E-state index is -0.443. The standard InChI is InChI=1S/C20H19N5O2S2/c26-17(14-10-21-20-25(18(14)27)8-9-28-20)23-19-22-15-6-7-24(12-16(15)29-19)11-13-4-2-1-3-5-13/h1-5,10H,6-9,11-12H2,(H,22,23,26). The quantitative estimate of drug-likeness (QED) is 0.648. The smallest absolute Gasteiger partial charge is 0.267 e. The third-order valence-corrected chi connectivity index (χ3v) is 7.05. The molecule has 0 spiro atoms. The second-order valence-corrected chi connectivity index (χ2v) is 9.19. The van der Waals surface area contributed by atoms with E-state index in [1.54, 1.807) is 4.57 Å². The number of thioether (sulfide) groups is 1. The van der Waals surface area contributed by atoms with Crippen LogP contribution < -0.4 is 10.9 Å². The zero-order chi connectivity index (χ0) is 19.8. The van der Waals surface area contributed by atoms with Gasteiger partial charge >= 0.3 is 0 Å². The number of carbonyl (C=O) groups excluding carboxylic acids is 1. The normalized spacial score (nSPS) is 15.7. The molecule has 2 aromatic heterocycles. The van der Waals surface area contributed by atoms with Gasteiger partial charge in [-0.2, -0.15) is 0 Å². The lowest BCUT2D eigenvalue weighted by atomic mass is 10.1. The summed E-state index contributed by atoms with van der Waals surface area (Å²) in [5, 5.41) is 4.02. The first-order valence-corrected chi connectivity index (χ1v) is 11.3. The molecule has 0 saturated heterocycles. The Balaban J connectivity index is 1.29. The first kappa shape index (κ1) is 18.5. The van der Waals surface area contributed by atoms with Crippen molar-refractivity contribution in [2.45, 2.75) is 31.2 Å². The highest BCUT2D eigenvalue weighted by Crippen LogP contribution is 2.29. The summed E-state index contributed by atoms with van der Waals surface area (Å²) in [6.07, 6.45) is 2.23. The number of thiazole rings is 1. The van der Waals surface area contributed by atoms with Crippen LogP contribution in [-0.2, 0) is 26.1 Å². The Bertz CT molecular complexity index is 1130. The van der Waals surface area contributed by atoms with E-state index >= 15 is 0 Å². The number of hydrogen-bond acceptors (Lipinski definition) is 7. The SMILES string of the molecule is O=C(Nc1nc2c(s1)CN(Cc1ccccc1)CC2)c1cnc2n(c1=O)CCS2. The van der Waals surface area contributed by atoms with Crippen molar-refractivity contribution >= 4 is 34.1 Å². The lowest BCUT2D eigenvalue weighted by molar-refractivity contribution is 0.102. The molecule has 4 heterocycles. The Morgan fingerprint density at radius 1 is 1.21 bits per heavy atom. The van der Waals surface area contributed by atoms with Crippen LogP contribution in [0, 0.1) is 0 Å². The minimum Gasteiger partial charge on any atom is -0.298 e. The van der Waals surface area contributed by atoms with Crippen molar-refractivity contribution in [3.05, 3.63) is 68.6 Å². The van der Waals surface area contributed by atoms with E-state index in [0.717, 1.165) is 37.5 Å². The van der Waals surface area contributed by atoms with Gasteiger partial charge in [-0.25, -0.2) is 9.97 Å². The fourth-order valence-corrected chi connectivity index (χ4v) is 5.58. The van der Waals surface area contributed by atoms with Gasteiger partial charge in [0.05, 0.1) is 5.69 Å². The van der Waals surface area contributed by atoms with Crippen molar-refractivity contribution in [3.63, 3.8) is 0 Å². The number of amides is 1. The van der Waals surface area contributed by atoms with Crippen molar-refractivity contribution in [2.24, 2.45) is 0 Å². The van der Waals surface area contributed by atoms with E-state index in [0.29, 0.717) is 16.8 Å². The minimum absolute atomic E-state index is 0.0649. The average molecular weight is 426 g/mol. The molecule has 0 saturated carbocycles. The zero-order valence-corrected chi connectivity index (χ0v) is 17.3. The maximum Gasteiger partial charge on any atom is 0.267 e. The monoisotopic (exact) mass is 425 g/mol. The number of aromatic nitrogens is 3. The summed E-state index contributed by atoms with van der Waals surface area (Å²) in [6.45, 7) is 3.25. The number of nitrogens with one attached hydrogen (secondary N) is 1. The van der Waals surface area contributed by atoms with Crippen molar-refractivity contribution in [1.29, 1.82) is 0 Å². The maximum absolute atomic E-state index is 12.6. The summed E-state index contributed by atoms with van der Waals surface area (Å²) >= 11 is 3.02. The lowest BCUT2D eigenvalue weighted by Crippen LogP contribution is -2.29. The second kappa shape index (κ2) is 7.74. The molecule has 148 valence electrons. The van der Waals surface area contributed by atoms with Crippen LogP contribution in [0.25, 0.3) is 0 Å². The molecule has 5 rings (SSSR count). The van der Waals surface area contributed by atoms with Gasteiger partial charge in [-0.1, -0.05) is 42.1 Å². The van der Waals surface area contributed by atoms with Gasteiger partial charge in [0.15, 0.2) is 10.3 Å². The fourth-order valence-electron chi connectivity index (χ4n) is 3.62. The van der Waals surface area contributed by atoms with Gasteiger partial charge in [0.1, 0.15) is 5.56 Å². The average Bonchev–Trinajstić information content (AvgIpc) is 3.35. The van der Waals surface area contributed by atoms with Gasteiger partial charge in [0, 0.05) is 49.4 Å². The van der Waals surface area contributed by atoms with Gasteiger partial charge in [0.2, 0.25) is 0 Å². The largest absolute Gasteiger partial charge is 0.298 e. The number of rotatable bonds is 4. The van der Waals surface area contributed by atoms with E-state index in [1.165, 1.54) is 39.7 Å². The van der Waals surface area contributed by atoms with Crippen LogP contribution in [0.2, 0.25) is 0 Å². The highest BCUT2D eigenvalue weighted by atomic mass is 32.2. The Morgan fingerprint density at radius 3 is 2.93 bits per heavy atom. The number of nitrogens with zero attached hydrogens (tertiary/aromatic N) is 4. The fraction of sp³-hybridized carbons (Fsp3) is 0.300. The molecule has 2 aliphatic rings. The molecule has 0 unspecified atom stereocenters. The molecule has 2 aliphatic heterocycles. The van der Waals surface area contributed by atoms with Crippen LogP contribution in [0.1, 0.15) is 26.5 Å². The summed E-state index contributed by atoms with van der Waals surface area (Å²) in [5.41, 5.74) is 2.11. The van der Waals surface area contributed by atoms with Gasteiger partial charge in [0.25, 0.3) is 11.5 Å². The van der Waals surface area contributed by atoms with E-state index < -0.39 is 5.91 Å². The molecule has 0 fully saturated rings. The van der Waals surface area contributed by atoms with Crippen LogP contribution in [0.15, 0.2) is 46.5 Å². The molecule has 0 atom stereocenters. The zero-order valence-electron chi connectivity index (χ0n) is 15.6. The van der Waals surface area contributed by atoms with Gasteiger partial charge in [-0.05, 0) is 5.56 Å². The van der Waals surface area contributed by atoms with E-state index in [2.05, 4.69) is 44.5 Å². The van der Waals surface area contributed by atoms with Crippen molar-refractivity contribution in [3.8, 4) is 0 Å². The topological polar surface area (TPSA) is 80.1 Å². The van der Waals surface area contributed by atoms with E-state index in [1.807, 2.05) is 6.07 Å². The van der Waals surface area contributed by atoms with Crippen molar-refractivity contribution < 1.29 is 4.79 Å². The van der Waals surface area contributed by atoms with E-state index in [4.69, 9.17) is 0 Å². The molecule has 1 amide bonds. The van der Waals surface area contributed by atoms with Crippen LogP contribution in [0.3, 0.4) is 0 Å². The Kier molecular flexibility index (Phi) is 4.94. The van der Waals surface area contributed by atoms with Crippen molar-refractivity contribution in [1.82, 2.24) is 19.4 Å². The highest BCUT2D eigenvalue weighted by molar-refractivity contribution is 7.99. The predicted octanol–water partition coefficient (Wildman–Crippen LogP) is 2.62. The Morgan fingerprint density at radius 2 is 2.07 bits per heavy atom. The summed E-state index contributed by atoms with van der Waals surface area (Å²) < 4.78 is 1.56. The van der Waals surface area contributed by atoms with E-state index in [-0.39, 0.29) is 11.1 Å². The highest BCUT2D eigenvalue weighted by Gasteiger charge is 2.24. The van der Waals surface area contributed by atoms with Gasteiger partial charge < -0.3 is 0 Å². The number of fused-ring (bicyclic) bond motifs is 2. The molecule has 1 aromatic carbocycles. The molecule has 0 aliphatic carbocycles. The molecule has 0 radical (unpaired) electrons.